The molecular weight excluding hydrogens is 500 g/mol. The number of esters is 1. The first kappa shape index (κ1) is 29.6. The van der Waals surface area contributed by atoms with E-state index in [0.29, 0.717) is 0 Å². The number of amides is 1. The van der Waals surface area contributed by atoms with Gasteiger partial charge in [-0.3, -0.25) is 4.79 Å². The van der Waals surface area contributed by atoms with Crippen LogP contribution < -0.4 is 14.8 Å². The van der Waals surface area contributed by atoms with Crippen molar-refractivity contribution < 1.29 is 33.6 Å². The van der Waals surface area contributed by atoms with Crippen LogP contribution in [0.3, 0.4) is 0 Å². The van der Waals surface area contributed by atoms with Crippen molar-refractivity contribution in [3.8, 4) is 11.5 Å². The number of nitrogens with one attached hydrogen (secondary N) is 1. The van der Waals surface area contributed by atoms with Gasteiger partial charge in [-0.1, -0.05) is 60.7 Å². The molecule has 9 nitrogen and oxygen atoms in total. The van der Waals surface area contributed by atoms with E-state index in [1.165, 1.54) is 26.3 Å². The lowest BCUT2D eigenvalue weighted by atomic mass is 9.88. The van der Waals surface area contributed by atoms with Gasteiger partial charge in [-0.25, -0.2) is 9.78 Å². The first-order valence-corrected chi connectivity index (χ1v) is 12.8. The summed E-state index contributed by atoms with van der Waals surface area (Å²) in [6.07, 6.45) is 1.37. The summed E-state index contributed by atoms with van der Waals surface area (Å²) in [5.41, 5.74) is 2.21. The Morgan fingerprint density at radius 2 is 1.51 bits per heavy atom. The zero-order valence-corrected chi connectivity index (χ0v) is 22.7. The lowest BCUT2D eigenvalue weighted by molar-refractivity contribution is -0.152. The third-order valence-corrected chi connectivity index (χ3v) is 6.16. The summed E-state index contributed by atoms with van der Waals surface area (Å²) in [5, 5.41) is 11.9. The molecular formula is C30H36N2O7. The summed E-state index contributed by atoms with van der Waals surface area (Å²) < 4.78 is 21.6. The molecule has 0 aliphatic carbocycles. The second kappa shape index (κ2) is 14.8. The summed E-state index contributed by atoms with van der Waals surface area (Å²) >= 11 is 0. The number of aliphatic hydroxyl groups is 1. The van der Waals surface area contributed by atoms with Gasteiger partial charge in [0.15, 0.2) is 30.3 Å². The molecule has 0 fully saturated rings. The van der Waals surface area contributed by atoms with Gasteiger partial charge in [0.05, 0.1) is 7.11 Å². The first-order chi connectivity index (χ1) is 18.8. The number of pyridine rings is 1. The van der Waals surface area contributed by atoms with E-state index >= 15 is 0 Å². The second-order valence-electron chi connectivity index (χ2n) is 9.20. The van der Waals surface area contributed by atoms with Crippen LogP contribution in [0.25, 0.3) is 0 Å². The molecule has 1 amide bonds. The highest BCUT2D eigenvalue weighted by molar-refractivity contribution is 5.98. The van der Waals surface area contributed by atoms with E-state index < -0.39 is 30.3 Å². The Bertz CT molecular complexity index is 1150. The van der Waals surface area contributed by atoms with Gasteiger partial charge in [0.2, 0.25) is 0 Å². The zero-order valence-electron chi connectivity index (χ0n) is 22.7. The minimum absolute atomic E-state index is 0.0237. The number of ether oxygens (including phenoxy) is 4. The molecule has 0 bridgehead atoms. The molecule has 3 rings (SSSR count). The normalized spacial score (nSPS) is 13.3. The van der Waals surface area contributed by atoms with E-state index in [9.17, 15) is 14.7 Å². The summed E-state index contributed by atoms with van der Waals surface area (Å²) in [7, 11) is 1.42. The van der Waals surface area contributed by atoms with Crippen LogP contribution in [-0.4, -0.2) is 54.3 Å². The average molecular weight is 537 g/mol. The Morgan fingerprint density at radius 3 is 2.05 bits per heavy atom. The molecule has 208 valence electrons. The van der Waals surface area contributed by atoms with Crippen LogP contribution in [0.4, 0.5) is 0 Å². The van der Waals surface area contributed by atoms with Crippen LogP contribution in [0.2, 0.25) is 0 Å². The monoisotopic (exact) mass is 536 g/mol. The van der Waals surface area contributed by atoms with Gasteiger partial charge in [0.1, 0.15) is 12.1 Å². The number of methoxy groups -OCH3 is 1. The molecule has 0 saturated heterocycles. The molecule has 0 aliphatic heterocycles. The van der Waals surface area contributed by atoms with E-state index in [-0.39, 0.29) is 29.9 Å². The Labute approximate surface area is 229 Å². The third-order valence-electron chi connectivity index (χ3n) is 6.16. The van der Waals surface area contributed by atoms with Crippen molar-refractivity contribution in [1.82, 2.24) is 10.3 Å². The lowest BCUT2D eigenvalue weighted by Gasteiger charge is -2.26. The van der Waals surface area contributed by atoms with Gasteiger partial charge >= 0.3 is 5.97 Å². The summed E-state index contributed by atoms with van der Waals surface area (Å²) in [5.74, 6) is -0.917. The fraction of sp³-hybridized carbons (Fsp3) is 0.367. The molecule has 0 radical (unpaired) electrons. The zero-order chi connectivity index (χ0) is 28.2. The molecule has 39 heavy (non-hydrogen) atoms. The number of benzene rings is 2. The Morgan fingerprint density at radius 1 is 0.923 bits per heavy atom. The number of nitrogens with zero attached hydrogens (tertiary/aromatic N) is 1. The van der Waals surface area contributed by atoms with Gasteiger partial charge in [-0.2, -0.15) is 0 Å². The lowest BCUT2D eigenvalue weighted by Crippen LogP contribution is -2.42. The molecule has 1 aromatic heterocycles. The van der Waals surface area contributed by atoms with E-state index in [0.717, 1.165) is 24.0 Å². The summed E-state index contributed by atoms with van der Waals surface area (Å²) in [4.78, 5) is 30.2. The summed E-state index contributed by atoms with van der Waals surface area (Å²) in [6, 6.07) is 20.7. The SMILES string of the molecule is COc1ccnc(C(=O)N[C@@H](C)C(=O)OC(C)C(Cc2ccccc2)Cc2ccccc2)c1OCOC(C)O. The first-order valence-electron chi connectivity index (χ1n) is 12.8. The molecule has 0 aliphatic rings. The second-order valence-corrected chi connectivity index (χ2v) is 9.20. The highest BCUT2D eigenvalue weighted by Gasteiger charge is 2.27. The number of carbonyl (C=O) groups is 2. The maximum atomic E-state index is 13.0. The molecule has 3 aromatic rings. The molecule has 0 spiro atoms. The van der Waals surface area contributed by atoms with Gasteiger partial charge in [-0.05, 0) is 44.7 Å². The highest BCUT2D eigenvalue weighted by Crippen LogP contribution is 2.29. The topological polar surface area (TPSA) is 116 Å². The molecule has 0 saturated carbocycles. The Balaban J connectivity index is 1.68. The Kier molecular flexibility index (Phi) is 11.3. The molecule has 1 heterocycles. The molecule has 9 heteroatoms. The number of carbonyl (C=O) groups excluding carboxylic acids is 2. The van der Waals surface area contributed by atoms with Gasteiger partial charge < -0.3 is 29.4 Å². The van der Waals surface area contributed by atoms with Crippen LogP contribution in [0.15, 0.2) is 72.9 Å². The Hall–Kier alpha value is -3.95. The van der Waals surface area contributed by atoms with E-state index in [4.69, 9.17) is 18.9 Å². The molecule has 2 N–H and O–H groups in total. The van der Waals surface area contributed by atoms with Crippen LogP contribution in [0.5, 0.6) is 11.5 Å². The smallest absolute Gasteiger partial charge is 0.328 e. The fourth-order valence-electron chi connectivity index (χ4n) is 4.03. The fourth-order valence-corrected chi connectivity index (χ4v) is 4.03. The van der Waals surface area contributed by atoms with Crippen LogP contribution in [-0.2, 0) is 27.1 Å². The van der Waals surface area contributed by atoms with Crippen molar-refractivity contribution in [3.63, 3.8) is 0 Å². The van der Waals surface area contributed by atoms with Crippen molar-refractivity contribution >= 4 is 11.9 Å². The van der Waals surface area contributed by atoms with Crippen LogP contribution >= 0.6 is 0 Å². The number of aromatic nitrogens is 1. The maximum absolute atomic E-state index is 13.0. The van der Waals surface area contributed by atoms with Crippen LogP contribution in [0.1, 0.15) is 42.4 Å². The minimum Gasteiger partial charge on any atom is -0.493 e. The van der Waals surface area contributed by atoms with Crippen molar-refractivity contribution in [2.75, 3.05) is 13.9 Å². The van der Waals surface area contributed by atoms with Crippen molar-refractivity contribution in [2.24, 2.45) is 5.92 Å². The van der Waals surface area contributed by atoms with Crippen molar-refractivity contribution in [2.45, 2.75) is 52.0 Å². The maximum Gasteiger partial charge on any atom is 0.328 e. The average Bonchev–Trinajstić information content (AvgIpc) is 2.93. The number of hydrogen-bond donors (Lipinski definition) is 2. The quantitative estimate of drug-likeness (QED) is 0.235. The molecule has 2 aromatic carbocycles. The third kappa shape index (κ3) is 9.08. The predicted molar refractivity (Wildman–Crippen MR) is 145 cm³/mol. The highest BCUT2D eigenvalue weighted by atomic mass is 16.7. The number of rotatable bonds is 14. The molecule has 2 unspecified atom stereocenters. The van der Waals surface area contributed by atoms with Gasteiger partial charge in [-0.15, -0.1) is 0 Å². The van der Waals surface area contributed by atoms with Gasteiger partial charge in [0, 0.05) is 18.2 Å². The number of aliphatic hydroxyl groups excluding tert-OH is 1. The van der Waals surface area contributed by atoms with Gasteiger partial charge in [0.25, 0.3) is 5.91 Å². The predicted octanol–water partition coefficient (Wildman–Crippen LogP) is 3.93. The van der Waals surface area contributed by atoms with E-state index in [1.54, 1.807) is 6.92 Å². The number of hydrogen-bond acceptors (Lipinski definition) is 8. The minimum atomic E-state index is -1.06. The largest absolute Gasteiger partial charge is 0.493 e. The van der Waals surface area contributed by atoms with E-state index in [1.807, 2.05) is 43.3 Å². The van der Waals surface area contributed by atoms with Crippen LogP contribution in [0, 0.1) is 5.92 Å². The van der Waals surface area contributed by atoms with E-state index in [2.05, 4.69) is 34.6 Å². The van der Waals surface area contributed by atoms with Crippen molar-refractivity contribution in [3.05, 3.63) is 89.7 Å². The summed E-state index contributed by atoms with van der Waals surface area (Å²) in [6.45, 7) is 4.52. The molecule has 3 atom stereocenters. The van der Waals surface area contributed by atoms with Crippen molar-refractivity contribution in [1.29, 1.82) is 0 Å². The standard InChI is InChI=1S/C30H36N2O7/c1-20(32-29(34)27-28(38-19-37-22(3)33)26(36-4)15-16-31-27)30(35)39-21(2)25(17-23-11-7-5-8-12-23)18-24-13-9-6-10-14-24/h5-16,20-22,25,33H,17-19H2,1-4H3,(H,32,34)/t20-,21?,22?/m0/s1.